The van der Waals surface area contributed by atoms with Crippen LogP contribution in [0.5, 0.6) is 0 Å². The van der Waals surface area contributed by atoms with E-state index in [2.05, 4.69) is 116 Å². The van der Waals surface area contributed by atoms with Gasteiger partial charge in [-0.15, -0.1) is 0 Å². The first-order chi connectivity index (χ1) is 54.9. The number of pyridine rings is 2. The molecule has 8 aromatic carbocycles. The summed E-state index contributed by atoms with van der Waals surface area (Å²) in [6.45, 7) is 7.45. The molecule has 0 aliphatic heterocycles. The van der Waals surface area contributed by atoms with Gasteiger partial charge in [-0.05, 0) is 167 Å². The number of nitrogens with two attached hydrogens (primary N) is 2. The van der Waals surface area contributed by atoms with E-state index >= 15 is 0 Å². The molecule has 113 heavy (non-hydrogen) atoms. The number of aryl methyl sites for hydroxylation is 4. The van der Waals surface area contributed by atoms with Crippen molar-refractivity contribution >= 4 is 147 Å². The highest BCUT2D eigenvalue weighted by molar-refractivity contribution is 5.86. The number of oxazole rings is 1. The van der Waals surface area contributed by atoms with Crippen molar-refractivity contribution < 1.29 is 28.0 Å². The molecule has 0 aliphatic rings. The molecule has 0 spiro atoms. The van der Waals surface area contributed by atoms with Gasteiger partial charge in [0.15, 0.2) is 12.0 Å². The molecule has 12 N–H and O–H groups in total. The van der Waals surface area contributed by atoms with Gasteiger partial charge in [0.1, 0.15) is 28.8 Å². The maximum Gasteiger partial charge on any atom is 0.416 e. The first-order valence-electron chi connectivity index (χ1n) is 34.3. The van der Waals surface area contributed by atoms with Crippen LogP contribution in [0, 0.1) is 27.7 Å². The molecular weight excluding hydrogens is 1450 g/mol. The van der Waals surface area contributed by atoms with Crippen LogP contribution in [0.25, 0.3) is 101 Å². The van der Waals surface area contributed by atoms with E-state index in [9.17, 15) is 23.6 Å². The van der Waals surface area contributed by atoms with Gasteiger partial charge < -0.3 is 37.2 Å². The van der Waals surface area contributed by atoms with E-state index in [4.69, 9.17) is 15.9 Å². The van der Waals surface area contributed by atoms with Crippen molar-refractivity contribution in [1.82, 2.24) is 113 Å². The van der Waals surface area contributed by atoms with Crippen molar-refractivity contribution in [2.24, 2.45) is 0 Å². The Morgan fingerprint density at radius 3 is 1.07 bits per heavy atom. The summed E-state index contributed by atoms with van der Waals surface area (Å²) >= 11 is 0. The van der Waals surface area contributed by atoms with Crippen LogP contribution in [-0.2, 0) is 6.18 Å². The third-order valence-electron chi connectivity index (χ3n) is 17.2. The molecule has 37 heteroatoms. The lowest BCUT2D eigenvalue weighted by Gasteiger charge is -2.11. The number of anilines is 12. The number of hydrogen-bond acceptors (Lipinski definition) is 30. The molecule has 19 rings (SSSR count). The molecule has 0 saturated carbocycles. The Bertz CT molecular complexity index is 6750. The van der Waals surface area contributed by atoms with Crippen LogP contribution in [0.4, 0.5) is 83.5 Å². The number of nitrogen functional groups attached to an aromatic ring is 2. The van der Waals surface area contributed by atoms with Crippen molar-refractivity contribution in [3.05, 3.63) is 248 Å². The zero-order valence-corrected chi connectivity index (χ0v) is 59.7. The van der Waals surface area contributed by atoms with Crippen LogP contribution in [0.3, 0.4) is 0 Å². The Labute approximate surface area is 634 Å². The van der Waals surface area contributed by atoms with Crippen LogP contribution in [0.1, 0.15) is 28.9 Å². The number of nitrogens with zero attached hydrogens (tertiary/aromatic N) is 23. The van der Waals surface area contributed by atoms with Gasteiger partial charge in [0.2, 0.25) is 59.5 Å². The predicted molar refractivity (Wildman–Crippen MR) is 418 cm³/mol. The summed E-state index contributed by atoms with van der Waals surface area (Å²) in [5.74, 6) is 5.35. The smallest absolute Gasteiger partial charge is 0.416 e. The molecule has 0 fully saturated rings. The second kappa shape index (κ2) is 30.4. The fraction of sp³-hybridized carbons (Fsp3) is 0.0658. The van der Waals surface area contributed by atoms with Gasteiger partial charge in [0.25, 0.3) is 11.9 Å². The lowest BCUT2D eigenvalue weighted by atomic mass is 10.2. The number of hydrogen-bond donors (Lipinski definition) is 10. The van der Waals surface area contributed by atoms with Crippen LogP contribution in [0.2, 0.25) is 0 Å². The highest BCUT2D eigenvalue weighted by atomic mass is 19.4. The summed E-state index contributed by atoms with van der Waals surface area (Å²) in [7, 11) is 0. The van der Waals surface area contributed by atoms with Crippen LogP contribution >= 0.6 is 0 Å². The standard InChI is InChI=1S/C20H16N8O.C20H16N8.C18H14F3N7O.C18H14N8O/c1-12-22-16-6-2-3-7-17(16)28(12)20-25-18(24-19(26-20)27-29)23-14-8-9-15-13(11-14)5-4-10-21-15;1-12-23-16-6-2-3-7-17(16)28(12)20-26-18(21)25-19(27-20)24-14-8-9-15-13(11-14)5-4-10-22-15;1-10-22-13-4-2-3-5-14(13)28(10)17-25-15(24-16(26-17)27-29)23-12-8-6-11(7-9-12)18(19,20)21;1-10-21-12-4-2-3-5-14(12)26(10)18-24-16(19)23-17(25-18)22-11-6-7-15-13(8-11)20-9-27-15/h2-11,29H,1H3,(H2,23,24,25,26,27);2-11H,1H3,(H3,21,24,25,26,27);2-9,29H,1H3,(H2,23,24,25,26,27);2-9H,1H3,(H3,19,22,23,24,25). The third kappa shape index (κ3) is 15.4. The highest BCUT2D eigenvalue weighted by Crippen LogP contribution is 2.33. The van der Waals surface area contributed by atoms with Gasteiger partial charge in [0, 0.05) is 45.9 Å². The van der Waals surface area contributed by atoms with Gasteiger partial charge in [-0.2, -0.15) is 73.0 Å². The van der Waals surface area contributed by atoms with Gasteiger partial charge in [-0.25, -0.2) is 35.9 Å². The fourth-order valence-electron chi connectivity index (χ4n) is 12.3. The number of imidazole rings is 4. The van der Waals surface area contributed by atoms with E-state index in [-0.39, 0.29) is 41.6 Å². The van der Waals surface area contributed by atoms with Crippen molar-refractivity contribution in [1.29, 1.82) is 0 Å². The fourth-order valence-corrected chi connectivity index (χ4v) is 12.3. The van der Waals surface area contributed by atoms with Crippen molar-refractivity contribution in [3.63, 3.8) is 0 Å². The topological polar surface area (TPSA) is 442 Å². The van der Waals surface area contributed by atoms with E-state index in [0.29, 0.717) is 46.8 Å². The number of halogens is 3. The molecule has 0 saturated heterocycles. The van der Waals surface area contributed by atoms with Crippen LogP contribution in [-0.4, -0.2) is 123 Å². The van der Waals surface area contributed by atoms with Crippen molar-refractivity contribution in [2.45, 2.75) is 33.9 Å². The summed E-state index contributed by atoms with van der Waals surface area (Å²) in [6.07, 6.45) is 0.504. The molecule has 19 aromatic rings. The van der Waals surface area contributed by atoms with E-state index < -0.39 is 11.7 Å². The monoisotopic (exact) mass is 1510 g/mol. The van der Waals surface area contributed by atoms with Gasteiger partial charge in [-0.3, -0.25) is 38.7 Å². The largest absolute Gasteiger partial charge is 0.443 e. The number of aromatic nitrogens is 23. The normalized spacial score (nSPS) is 11.3. The molecule has 0 aliphatic carbocycles. The molecule has 11 aromatic heterocycles. The first kappa shape index (κ1) is 71.3. The lowest BCUT2D eigenvalue weighted by molar-refractivity contribution is -0.137. The summed E-state index contributed by atoms with van der Waals surface area (Å²) in [4.78, 5) is 82.4. The number of nitrogens with one attached hydrogen (secondary N) is 6. The minimum absolute atomic E-state index is 0.0251. The molecule has 0 amide bonds. The summed E-state index contributed by atoms with van der Waals surface area (Å²) in [5, 5.41) is 33.0. The Hall–Kier alpha value is -15.9. The molecule has 0 unspecified atom stereocenters. The van der Waals surface area contributed by atoms with E-state index in [1.165, 1.54) is 18.5 Å². The van der Waals surface area contributed by atoms with Gasteiger partial charge >= 0.3 is 6.18 Å². The summed E-state index contributed by atoms with van der Waals surface area (Å²) in [6, 6.07) is 60.0. The Balaban J connectivity index is 0.000000114. The second-order valence-electron chi connectivity index (χ2n) is 24.8. The van der Waals surface area contributed by atoms with E-state index in [0.717, 1.165) is 118 Å². The van der Waals surface area contributed by atoms with Gasteiger partial charge in [-0.1, -0.05) is 60.7 Å². The minimum Gasteiger partial charge on any atom is -0.443 e. The zero-order valence-electron chi connectivity index (χ0n) is 59.7. The second-order valence-corrected chi connectivity index (χ2v) is 24.8. The SMILES string of the molecule is Cc1nc2ccccc2n1-c1nc(N)nc(Nc2ccc3ncccc3c2)n1.Cc1nc2ccccc2n1-c1nc(N)nc(Nc2ccc3ocnc3c2)n1.Cc1nc2ccccc2n1-c1nc(NO)nc(Nc2ccc(C(F)(F)F)cc2)n1.Cc1nc2ccccc2n1-c1nc(NO)nc(Nc2ccc3ncccc3c2)n1. The molecule has 11 heterocycles. The third-order valence-corrected chi connectivity index (χ3v) is 17.2. The summed E-state index contributed by atoms with van der Waals surface area (Å²) < 4.78 is 50.6. The van der Waals surface area contributed by atoms with Crippen LogP contribution in [0.15, 0.2) is 223 Å². The lowest BCUT2D eigenvalue weighted by Crippen LogP contribution is -2.10. The Kier molecular flexibility index (Phi) is 19.2. The number of fused-ring (bicyclic) bond motifs is 7. The highest BCUT2D eigenvalue weighted by Gasteiger charge is 2.30. The Morgan fingerprint density at radius 1 is 0.327 bits per heavy atom. The van der Waals surface area contributed by atoms with E-state index in [1.54, 1.807) is 23.9 Å². The van der Waals surface area contributed by atoms with E-state index in [1.807, 2.05) is 221 Å². The van der Waals surface area contributed by atoms with Crippen molar-refractivity contribution in [2.75, 3.05) is 43.7 Å². The molecule has 0 atom stereocenters. The minimum atomic E-state index is -4.42. The predicted octanol–water partition coefficient (Wildman–Crippen LogP) is 14.1. The number of para-hydroxylation sites is 8. The first-order valence-corrected chi connectivity index (χ1v) is 34.3. The molecular formula is C76H60F3N31O3. The molecule has 34 nitrogen and oxygen atoms in total. The quantitative estimate of drug-likeness (QED) is 0.0452. The average molecular weight is 1510 g/mol. The Morgan fingerprint density at radius 2 is 0.673 bits per heavy atom. The van der Waals surface area contributed by atoms with Gasteiger partial charge in [0.05, 0.1) is 60.7 Å². The number of benzene rings is 8. The molecule has 558 valence electrons. The maximum atomic E-state index is 12.7. The van der Waals surface area contributed by atoms with Crippen molar-refractivity contribution in [3.8, 4) is 23.8 Å². The number of rotatable bonds is 14. The summed E-state index contributed by atoms with van der Waals surface area (Å²) in [5.41, 5.74) is 27.7. The maximum absolute atomic E-state index is 12.7. The van der Waals surface area contributed by atoms with Crippen LogP contribution < -0.4 is 43.7 Å². The zero-order chi connectivity index (χ0) is 77.9. The molecule has 0 radical (unpaired) electrons. The molecule has 0 bridgehead atoms. The average Bonchev–Trinajstić information content (AvgIpc) is 1.68. The number of alkyl halides is 3.